The molecule has 0 spiro atoms. The van der Waals surface area contributed by atoms with Crippen LogP contribution in [0.4, 0.5) is 0 Å². The van der Waals surface area contributed by atoms with Gasteiger partial charge in [0.05, 0.1) is 12.2 Å². The normalized spacial score (nSPS) is 16.8. The molecule has 134 valence electrons. The molecule has 3 aromatic rings. The van der Waals surface area contributed by atoms with E-state index in [1.807, 2.05) is 30.6 Å². The minimum Gasteiger partial charge on any atom is -0.493 e. The second-order valence-electron chi connectivity index (χ2n) is 6.71. The molecule has 2 aromatic carbocycles. The van der Waals surface area contributed by atoms with E-state index in [1.54, 1.807) is 0 Å². The summed E-state index contributed by atoms with van der Waals surface area (Å²) in [4.78, 5) is 16.2. The Hall–Kier alpha value is -2.82. The number of aromatic nitrogens is 2. The summed E-state index contributed by atoms with van der Waals surface area (Å²) in [6.07, 6.45) is 6.22. The summed E-state index contributed by atoms with van der Waals surface area (Å²) in [6, 6.07) is 12.6. The minimum atomic E-state index is 0.133. The van der Waals surface area contributed by atoms with Crippen molar-refractivity contribution in [2.75, 3.05) is 6.61 Å². The maximum Gasteiger partial charge on any atom is 0.220 e. The molecule has 1 aliphatic heterocycles. The third-order valence-electron chi connectivity index (χ3n) is 4.79. The average molecular weight is 349 g/mol. The quantitative estimate of drug-likeness (QED) is 0.737. The topological polar surface area (TPSA) is 56.2 Å². The van der Waals surface area contributed by atoms with Crippen molar-refractivity contribution >= 4 is 16.7 Å². The summed E-state index contributed by atoms with van der Waals surface area (Å²) in [5, 5.41) is 5.33. The van der Waals surface area contributed by atoms with Crippen LogP contribution in [0.1, 0.15) is 26.2 Å². The van der Waals surface area contributed by atoms with Crippen molar-refractivity contribution in [3.8, 4) is 17.1 Å². The highest BCUT2D eigenvalue weighted by Crippen LogP contribution is 2.36. The number of benzene rings is 2. The maximum atomic E-state index is 11.5. The molecule has 26 heavy (non-hydrogen) atoms. The number of nitrogens with one attached hydrogen (secondary N) is 1. The molecule has 0 saturated carbocycles. The van der Waals surface area contributed by atoms with Crippen LogP contribution < -0.4 is 10.1 Å². The molecule has 1 amide bonds. The van der Waals surface area contributed by atoms with E-state index in [1.165, 1.54) is 0 Å². The standard InChI is InChI=1S/C21H23N3O2/c1-2-13-26-18-9-7-15-5-3-4-6-17(15)20(18)21-22-11-12-24(21)14-16-8-10-19(25)23-16/h3-7,9,11-12,16H,2,8,10,13-14H2,1H3,(H,23,25). The molecule has 5 heteroatoms. The van der Waals surface area contributed by atoms with E-state index in [9.17, 15) is 4.79 Å². The lowest BCUT2D eigenvalue weighted by Gasteiger charge is -2.17. The van der Waals surface area contributed by atoms with Gasteiger partial charge in [-0.05, 0) is 29.7 Å². The first-order chi connectivity index (χ1) is 12.8. The van der Waals surface area contributed by atoms with Crippen LogP contribution in [0.15, 0.2) is 48.8 Å². The summed E-state index contributed by atoms with van der Waals surface area (Å²) >= 11 is 0. The molecule has 1 fully saturated rings. The molecule has 5 nitrogen and oxygen atoms in total. The molecule has 1 aromatic heterocycles. The van der Waals surface area contributed by atoms with Crippen molar-refractivity contribution in [1.29, 1.82) is 0 Å². The zero-order valence-electron chi connectivity index (χ0n) is 14.9. The van der Waals surface area contributed by atoms with Crippen molar-refractivity contribution in [2.45, 2.75) is 38.8 Å². The van der Waals surface area contributed by atoms with Gasteiger partial charge in [0.1, 0.15) is 11.6 Å². The van der Waals surface area contributed by atoms with Gasteiger partial charge in [0.25, 0.3) is 0 Å². The minimum absolute atomic E-state index is 0.133. The largest absolute Gasteiger partial charge is 0.493 e. The second kappa shape index (κ2) is 7.20. The number of carbonyl (C=O) groups is 1. The summed E-state index contributed by atoms with van der Waals surface area (Å²) in [6.45, 7) is 3.49. The highest BCUT2D eigenvalue weighted by atomic mass is 16.5. The third-order valence-corrected chi connectivity index (χ3v) is 4.79. The van der Waals surface area contributed by atoms with E-state index in [2.05, 4.69) is 40.0 Å². The lowest BCUT2D eigenvalue weighted by atomic mass is 10.0. The van der Waals surface area contributed by atoms with Crippen LogP contribution in [0.2, 0.25) is 0 Å². The predicted octanol–water partition coefficient (Wildman–Crippen LogP) is 3.77. The van der Waals surface area contributed by atoms with Crippen LogP contribution >= 0.6 is 0 Å². The van der Waals surface area contributed by atoms with E-state index in [0.29, 0.717) is 13.0 Å². The molecule has 0 radical (unpaired) electrons. The predicted molar refractivity (Wildman–Crippen MR) is 102 cm³/mol. The summed E-state index contributed by atoms with van der Waals surface area (Å²) in [5.41, 5.74) is 1.02. The van der Waals surface area contributed by atoms with Gasteiger partial charge in [-0.3, -0.25) is 4.79 Å². The highest BCUT2D eigenvalue weighted by molar-refractivity contribution is 5.98. The van der Waals surface area contributed by atoms with Gasteiger partial charge >= 0.3 is 0 Å². The SMILES string of the molecule is CCCOc1ccc2ccccc2c1-c1nccn1CC1CCC(=O)N1. The van der Waals surface area contributed by atoms with Crippen molar-refractivity contribution in [3.05, 3.63) is 48.8 Å². The van der Waals surface area contributed by atoms with Gasteiger partial charge in [-0.1, -0.05) is 37.3 Å². The fourth-order valence-corrected chi connectivity index (χ4v) is 3.55. The van der Waals surface area contributed by atoms with Gasteiger partial charge in [0, 0.05) is 31.4 Å². The van der Waals surface area contributed by atoms with Crippen molar-refractivity contribution in [2.24, 2.45) is 0 Å². The van der Waals surface area contributed by atoms with Gasteiger partial charge in [0.15, 0.2) is 0 Å². The number of hydrogen-bond acceptors (Lipinski definition) is 3. The molecule has 0 bridgehead atoms. The van der Waals surface area contributed by atoms with Gasteiger partial charge in [0.2, 0.25) is 5.91 Å². The zero-order chi connectivity index (χ0) is 17.9. The Bertz CT molecular complexity index is 932. The summed E-state index contributed by atoms with van der Waals surface area (Å²) < 4.78 is 8.16. The van der Waals surface area contributed by atoms with E-state index in [4.69, 9.17) is 4.74 Å². The number of nitrogens with zero attached hydrogens (tertiary/aromatic N) is 2. The van der Waals surface area contributed by atoms with Crippen LogP contribution in [-0.2, 0) is 11.3 Å². The zero-order valence-corrected chi connectivity index (χ0v) is 14.9. The second-order valence-corrected chi connectivity index (χ2v) is 6.71. The van der Waals surface area contributed by atoms with Crippen LogP contribution in [0.5, 0.6) is 5.75 Å². The first kappa shape index (κ1) is 16.6. The Balaban J connectivity index is 1.78. The summed E-state index contributed by atoms with van der Waals surface area (Å²) in [7, 11) is 0. The van der Waals surface area contributed by atoms with E-state index < -0.39 is 0 Å². The molecule has 1 atom stereocenters. The van der Waals surface area contributed by atoms with Gasteiger partial charge in [-0.15, -0.1) is 0 Å². The molecule has 1 N–H and O–H groups in total. The van der Waals surface area contributed by atoms with E-state index >= 15 is 0 Å². The van der Waals surface area contributed by atoms with Crippen LogP contribution in [0.3, 0.4) is 0 Å². The average Bonchev–Trinajstić information content (AvgIpc) is 3.28. The van der Waals surface area contributed by atoms with E-state index in [0.717, 1.165) is 47.3 Å². The molecule has 4 rings (SSSR count). The Kier molecular flexibility index (Phi) is 4.61. The Morgan fingerprint density at radius 1 is 1.27 bits per heavy atom. The molecule has 2 heterocycles. The monoisotopic (exact) mass is 349 g/mol. The molecule has 1 saturated heterocycles. The number of rotatable bonds is 6. The van der Waals surface area contributed by atoms with Gasteiger partial charge in [-0.2, -0.15) is 0 Å². The molecular weight excluding hydrogens is 326 g/mol. The molecular formula is C21H23N3O2. The van der Waals surface area contributed by atoms with Crippen molar-refractivity contribution < 1.29 is 9.53 Å². The Labute approximate surface area is 153 Å². The maximum absolute atomic E-state index is 11.5. The summed E-state index contributed by atoms with van der Waals surface area (Å²) in [5.74, 6) is 1.87. The number of ether oxygens (including phenoxy) is 1. The number of fused-ring (bicyclic) bond motifs is 1. The number of carbonyl (C=O) groups excluding carboxylic acids is 1. The van der Waals surface area contributed by atoms with Crippen LogP contribution in [0.25, 0.3) is 22.2 Å². The lowest BCUT2D eigenvalue weighted by Crippen LogP contribution is -2.29. The number of amides is 1. The van der Waals surface area contributed by atoms with Crippen LogP contribution in [-0.4, -0.2) is 28.1 Å². The molecule has 1 aliphatic rings. The van der Waals surface area contributed by atoms with Crippen molar-refractivity contribution in [1.82, 2.24) is 14.9 Å². The molecule has 1 unspecified atom stereocenters. The van der Waals surface area contributed by atoms with Crippen molar-refractivity contribution in [3.63, 3.8) is 0 Å². The Morgan fingerprint density at radius 2 is 2.15 bits per heavy atom. The first-order valence-electron chi connectivity index (χ1n) is 9.21. The molecule has 0 aliphatic carbocycles. The fraction of sp³-hybridized carbons (Fsp3) is 0.333. The highest BCUT2D eigenvalue weighted by Gasteiger charge is 2.23. The first-order valence-corrected chi connectivity index (χ1v) is 9.21. The van der Waals surface area contributed by atoms with Gasteiger partial charge in [-0.25, -0.2) is 4.98 Å². The van der Waals surface area contributed by atoms with Crippen LogP contribution in [0, 0.1) is 0 Å². The number of hydrogen-bond donors (Lipinski definition) is 1. The Morgan fingerprint density at radius 3 is 2.96 bits per heavy atom. The third kappa shape index (κ3) is 3.17. The smallest absolute Gasteiger partial charge is 0.220 e. The fourth-order valence-electron chi connectivity index (χ4n) is 3.55. The van der Waals surface area contributed by atoms with Gasteiger partial charge < -0.3 is 14.6 Å². The lowest BCUT2D eigenvalue weighted by molar-refractivity contribution is -0.119. The van der Waals surface area contributed by atoms with E-state index in [-0.39, 0.29) is 11.9 Å². The number of imidazole rings is 1.